The number of anilines is 1. The van der Waals surface area contributed by atoms with Crippen LogP contribution >= 0.6 is 0 Å². The highest BCUT2D eigenvalue weighted by atomic mass is 16.5. The highest BCUT2D eigenvalue weighted by molar-refractivity contribution is 5.99. The first-order chi connectivity index (χ1) is 17.0. The average molecular weight is 473 g/mol. The molecule has 2 saturated heterocycles. The van der Waals surface area contributed by atoms with Crippen molar-refractivity contribution in [2.75, 3.05) is 25.0 Å². The number of amides is 2. The van der Waals surface area contributed by atoms with Crippen LogP contribution in [0.2, 0.25) is 0 Å². The molecule has 2 aliphatic rings. The van der Waals surface area contributed by atoms with Gasteiger partial charge in [-0.2, -0.15) is 5.10 Å². The molecule has 0 bridgehead atoms. The van der Waals surface area contributed by atoms with Gasteiger partial charge in [0.15, 0.2) is 0 Å². The van der Waals surface area contributed by atoms with Crippen LogP contribution in [-0.4, -0.2) is 52.3 Å². The number of aryl methyl sites for hydroxylation is 2. The fourth-order valence-corrected chi connectivity index (χ4v) is 5.00. The molecule has 3 heterocycles. The molecule has 0 aliphatic carbocycles. The number of rotatable bonds is 5. The molecular weight excluding hydrogens is 440 g/mol. The third-order valence-corrected chi connectivity index (χ3v) is 7.17. The van der Waals surface area contributed by atoms with Crippen LogP contribution in [-0.2, 0) is 16.6 Å². The van der Waals surface area contributed by atoms with Gasteiger partial charge in [0.25, 0.3) is 11.8 Å². The van der Waals surface area contributed by atoms with Gasteiger partial charge in [-0.3, -0.25) is 14.3 Å². The summed E-state index contributed by atoms with van der Waals surface area (Å²) in [5, 5.41) is 7.21. The maximum Gasteiger partial charge on any atom is 0.253 e. The van der Waals surface area contributed by atoms with E-state index in [0.29, 0.717) is 23.8 Å². The lowest BCUT2D eigenvalue weighted by Gasteiger charge is -2.32. The quantitative estimate of drug-likeness (QED) is 0.592. The SMILES string of the molecule is Cc1ccc(C(=O)N2CCC(c3ccc(-c4cnn(C)c4)cc3)CC2)cc1NC(=O)C1CCCO1. The third-order valence-electron chi connectivity index (χ3n) is 7.17. The summed E-state index contributed by atoms with van der Waals surface area (Å²) in [5.74, 6) is 0.329. The number of aromatic nitrogens is 2. The smallest absolute Gasteiger partial charge is 0.253 e. The lowest BCUT2D eigenvalue weighted by molar-refractivity contribution is -0.124. The van der Waals surface area contributed by atoms with Crippen LogP contribution in [0.3, 0.4) is 0 Å². The number of benzene rings is 2. The summed E-state index contributed by atoms with van der Waals surface area (Å²) in [6.07, 6.45) is 7.02. The number of piperidine rings is 1. The number of nitrogens with zero attached hydrogens (tertiary/aromatic N) is 3. The summed E-state index contributed by atoms with van der Waals surface area (Å²) < 4.78 is 7.30. The molecule has 5 rings (SSSR count). The first kappa shape index (κ1) is 23.3. The second-order valence-corrected chi connectivity index (χ2v) is 9.61. The van der Waals surface area contributed by atoms with Crippen molar-refractivity contribution in [3.8, 4) is 11.1 Å². The summed E-state index contributed by atoms with van der Waals surface area (Å²) in [5.41, 5.74) is 5.82. The van der Waals surface area contributed by atoms with Crippen molar-refractivity contribution < 1.29 is 14.3 Å². The zero-order chi connectivity index (χ0) is 24.4. The van der Waals surface area contributed by atoms with Gasteiger partial charge < -0.3 is 15.0 Å². The first-order valence-electron chi connectivity index (χ1n) is 12.4. The lowest BCUT2D eigenvalue weighted by Crippen LogP contribution is -2.38. The topological polar surface area (TPSA) is 76.5 Å². The number of hydrogen-bond donors (Lipinski definition) is 1. The Labute approximate surface area is 206 Å². The predicted molar refractivity (Wildman–Crippen MR) is 135 cm³/mol. The molecule has 0 saturated carbocycles. The van der Waals surface area contributed by atoms with Gasteiger partial charge in [-0.15, -0.1) is 0 Å². The Morgan fingerprint density at radius 3 is 2.46 bits per heavy atom. The largest absolute Gasteiger partial charge is 0.368 e. The highest BCUT2D eigenvalue weighted by Crippen LogP contribution is 2.31. The highest BCUT2D eigenvalue weighted by Gasteiger charge is 2.26. The minimum Gasteiger partial charge on any atom is -0.368 e. The van der Waals surface area contributed by atoms with E-state index in [1.54, 1.807) is 6.07 Å². The Balaban J connectivity index is 1.20. The van der Waals surface area contributed by atoms with Crippen LogP contribution < -0.4 is 5.32 Å². The maximum atomic E-state index is 13.2. The van der Waals surface area contributed by atoms with Crippen molar-refractivity contribution in [3.05, 3.63) is 71.5 Å². The molecule has 182 valence electrons. The number of hydrogen-bond acceptors (Lipinski definition) is 4. The molecule has 1 aromatic heterocycles. The molecule has 2 fully saturated rings. The molecule has 35 heavy (non-hydrogen) atoms. The monoisotopic (exact) mass is 472 g/mol. The molecule has 7 heteroatoms. The van der Waals surface area contributed by atoms with Crippen molar-refractivity contribution in [2.45, 2.75) is 44.6 Å². The minimum atomic E-state index is -0.397. The molecule has 0 spiro atoms. The van der Waals surface area contributed by atoms with Gasteiger partial charge in [-0.25, -0.2) is 0 Å². The normalized spacial score (nSPS) is 18.6. The van der Waals surface area contributed by atoms with Crippen LogP contribution in [0.1, 0.15) is 53.1 Å². The van der Waals surface area contributed by atoms with Gasteiger partial charge in [0.05, 0.1) is 6.20 Å². The van der Waals surface area contributed by atoms with E-state index in [1.807, 2.05) is 48.1 Å². The molecule has 7 nitrogen and oxygen atoms in total. The Kier molecular flexibility index (Phi) is 6.68. The van der Waals surface area contributed by atoms with E-state index in [0.717, 1.165) is 55.5 Å². The number of likely N-dealkylation sites (tertiary alicyclic amines) is 1. The van der Waals surface area contributed by atoms with Crippen LogP contribution in [0.4, 0.5) is 5.69 Å². The van der Waals surface area contributed by atoms with Crippen LogP contribution in [0.5, 0.6) is 0 Å². The Bertz CT molecular complexity index is 1200. The fourth-order valence-electron chi connectivity index (χ4n) is 5.00. The zero-order valence-electron chi connectivity index (χ0n) is 20.4. The van der Waals surface area contributed by atoms with Gasteiger partial charge in [0.1, 0.15) is 6.10 Å². The molecule has 1 atom stereocenters. The summed E-state index contributed by atoms with van der Waals surface area (Å²) in [4.78, 5) is 27.6. The predicted octanol–water partition coefficient (Wildman–Crippen LogP) is 4.53. The van der Waals surface area contributed by atoms with E-state index in [9.17, 15) is 9.59 Å². The zero-order valence-corrected chi connectivity index (χ0v) is 20.4. The van der Waals surface area contributed by atoms with Crippen LogP contribution in [0.25, 0.3) is 11.1 Å². The van der Waals surface area contributed by atoms with E-state index >= 15 is 0 Å². The van der Waals surface area contributed by atoms with Gasteiger partial charge in [-0.1, -0.05) is 30.3 Å². The number of nitrogens with one attached hydrogen (secondary N) is 1. The number of carbonyl (C=O) groups is 2. The standard InChI is InChI=1S/C28H32N4O3/c1-19-5-6-23(16-25(19)30-27(33)26-4-3-15-35-26)28(34)32-13-11-22(12-14-32)20-7-9-21(10-8-20)24-17-29-31(2)18-24/h5-10,16-18,22,26H,3-4,11-15H2,1-2H3,(H,30,33). The maximum absolute atomic E-state index is 13.2. The van der Waals surface area contributed by atoms with Crippen molar-refractivity contribution in [3.63, 3.8) is 0 Å². The summed E-state index contributed by atoms with van der Waals surface area (Å²) in [6, 6.07) is 14.3. The van der Waals surface area contributed by atoms with E-state index in [4.69, 9.17) is 4.74 Å². The third kappa shape index (κ3) is 5.15. The van der Waals surface area contributed by atoms with E-state index < -0.39 is 6.10 Å². The first-order valence-corrected chi connectivity index (χ1v) is 12.4. The van der Waals surface area contributed by atoms with Crippen LogP contribution in [0.15, 0.2) is 54.9 Å². The lowest BCUT2D eigenvalue weighted by atomic mass is 9.88. The number of ether oxygens (including phenoxy) is 1. The van der Waals surface area contributed by atoms with E-state index in [1.165, 1.54) is 5.56 Å². The second-order valence-electron chi connectivity index (χ2n) is 9.61. The Hall–Kier alpha value is -3.45. The minimum absolute atomic E-state index is 0.0167. The summed E-state index contributed by atoms with van der Waals surface area (Å²) in [6.45, 7) is 4.00. The van der Waals surface area contributed by atoms with Crippen molar-refractivity contribution >= 4 is 17.5 Å². The molecule has 1 N–H and O–H groups in total. The fraction of sp³-hybridized carbons (Fsp3) is 0.393. The van der Waals surface area contributed by atoms with Crippen molar-refractivity contribution in [2.24, 2.45) is 7.05 Å². The Morgan fingerprint density at radius 1 is 1.03 bits per heavy atom. The van der Waals surface area contributed by atoms with Gasteiger partial charge in [0.2, 0.25) is 0 Å². The van der Waals surface area contributed by atoms with Crippen LogP contribution in [0, 0.1) is 6.92 Å². The molecule has 2 aromatic carbocycles. The molecule has 0 radical (unpaired) electrons. The molecular formula is C28H32N4O3. The van der Waals surface area contributed by atoms with Gasteiger partial charge >= 0.3 is 0 Å². The number of carbonyl (C=O) groups excluding carboxylic acids is 2. The summed E-state index contributed by atoms with van der Waals surface area (Å²) >= 11 is 0. The molecule has 1 unspecified atom stereocenters. The Morgan fingerprint density at radius 2 is 1.80 bits per heavy atom. The van der Waals surface area contributed by atoms with Gasteiger partial charge in [0, 0.05) is 49.8 Å². The average Bonchev–Trinajstić information content (AvgIpc) is 3.58. The second kappa shape index (κ2) is 10.0. The van der Waals surface area contributed by atoms with E-state index in [-0.39, 0.29) is 11.8 Å². The summed E-state index contributed by atoms with van der Waals surface area (Å²) in [7, 11) is 1.92. The molecule has 2 amide bonds. The molecule has 3 aromatic rings. The van der Waals surface area contributed by atoms with E-state index in [2.05, 4.69) is 34.7 Å². The molecule has 2 aliphatic heterocycles. The van der Waals surface area contributed by atoms with Crippen molar-refractivity contribution in [1.29, 1.82) is 0 Å². The van der Waals surface area contributed by atoms with Gasteiger partial charge in [-0.05, 0) is 67.3 Å². The van der Waals surface area contributed by atoms with Crippen molar-refractivity contribution in [1.82, 2.24) is 14.7 Å².